The molecule has 5 nitrogen and oxygen atoms in total. The number of ether oxygens (including phenoxy) is 1. The Balaban J connectivity index is 1.63. The molecule has 0 aliphatic carbocycles. The van der Waals surface area contributed by atoms with Crippen molar-refractivity contribution in [3.63, 3.8) is 0 Å². The maximum Gasteiger partial charge on any atom is 0.282 e. The zero-order chi connectivity index (χ0) is 24.2. The van der Waals surface area contributed by atoms with Gasteiger partial charge in [0.1, 0.15) is 24.0 Å². The minimum atomic E-state index is -0.287. The molecule has 0 atom stereocenters. The minimum Gasteiger partial charge on any atom is -0.487 e. The second-order valence-electron chi connectivity index (χ2n) is 7.53. The third kappa shape index (κ3) is 5.64. The summed E-state index contributed by atoms with van der Waals surface area (Å²) in [6, 6.07) is 15.3. The van der Waals surface area contributed by atoms with Gasteiger partial charge in [-0.1, -0.05) is 35.0 Å². The summed E-state index contributed by atoms with van der Waals surface area (Å²) in [5.41, 5.74) is 2.04. The van der Waals surface area contributed by atoms with E-state index in [1.807, 2.05) is 31.2 Å². The molecular weight excluding hydrogens is 633 g/mol. The molecule has 1 heterocycles. The van der Waals surface area contributed by atoms with E-state index in [0.717, 1.165) is 22.0 Å². The molecule has 0 N–H and O–H groups in total. The first-order chi connectivity index (χ1) is 16.4. The molecule has 4 aromatic rings. The van der Waals surface area contributed by atoms with Crippen LogP contribution in [0, 0.1) is 5.82 Å². The molecule has 9 heteroatoms. The van der Waals surface area contributed by atoms with Gasteiger partial charge in [-0.25, -0.2) is 9.37 Å². The second-order valence-corrected chi connectivity index (χ2v) is 10.2. The molecule has 0 saturated heterocycles. The van der Waals surface area contributed by atoms with Crippen LogP contribution in [0.25, 0.3) is 10.9 Å². The van der Waals surface area contributed by atoms with Crippen molar-refractivity contribution in [2.45, 2.75) is 26.4 Å². The van der Waals surface area contributed by atoms with E-state index in [4.69, 9.17) is 4.74 Å². The largest absolute Gasteiger partial charge is 0.487 e. The highest BCUT2D eigenvalue weighted by Gasteiger charge is 2.12. The smallest absolute Gasteiger partial charge is 0.282 e. The van der Waals surface area contributed by atoms with Crippen molar-refractivity contribution in [2.75, 3.05) is 0 Å². The van der Waals surface area contributed by atoms with Crippen LogP contribution in [0.1, 0.15) is 30.3 Å². The fourth-order valence-electron chi connectivity index (χ4n) is 3.35. The Kier molecular flexibility index (Phi) is 7.95. The van der Waals surface area contributed by atoms with Gasteiger partial charge in [-0.3, -0.25) is 4.79 Å². The first-order valence-corrected chi connectivity index (χ1v) is 12.9. The van der Waals surface area contributed by atoms with Crippen LogP contribution in [-0.2, 0) is 13.0 Å². The minimum absolute atomic E-state index is 0.219. The van der Waals surface area contributed by atoms with Gasteiger partial charge in [0, 0.05) is 10.9 Å². The van der Waals surface area contributed by atoms with Gasteiger partial charge in [0.2, 0.25) is 0 Å². The summed E-state index contributed by atoms with van der Waals surface area (Å²) in [7, 11) is 0. The van der Waals surface area contributed by atoms with Gasteiger partial charge in [-0.15, -0.1) is 0 Å². The maximum absolute atomic E-state index is 13.2. The first kappa shape index (κ1) is 24.8. The predicted molar refractivity (Wildman–Crippen MR) is 143 cm³/mol. The van der Waals surface area contributed by atoms with Gasteiger partial charge in [0.15, 0.2) is 0 Å². The summed E-state index contributed by atoms with van der Waals surface area (Å²) >= 11 is 10.5. The molecule has 0 fully saturated rings. The summed E-state index contributed by atoms with van der Waals surface area (Å²) in [6.07, 6.45) is 3.08. The van der Waals surface area contributed by atoms with Crippen molar-refractivity contribution in [3.05, 3.63) is 101 Å². The van der Waals surface area contributed by atoms with E-state index < -0.39 is 0 Å². The molecule has 0 aliphatic rings. The fraction of sp³-hybridized carbons (Fsp3) is 0.160. The quantitative estimate of drug-likeness (QED) is 0.198. The number of hydrogen-bond donors (Lipinski definition) is 0. The van der Waals surface area contributed by atoms with E-state index in [2.05, 4.69) is 57.9 Å². The van der Waals surface area contributed by atoms with E-state index in [0.29, 0.717) is 44.4 Å². The Morgan fingerprint density at radius 3 is 2.44 bits per heavy atom. The molecule has 1 aromatic heterocycles. The molecule has 0 spiro atoms. The van der Waals surface area contributed by atoms with E-state index >= 15 is 0 Å². The van der Waals surface area contributed by atoms with Crippen LogP contribution in [0.3, 0.4) is 0 Å². The van der Waals surface area contributed by atoms with Crippen LogP contribution in [-0.4, -0.2) is 15.9 Å². The van der Waals surface area contributed by atoms with Crippen LogP contribution < -0.4 is 10.3 Å². The maximum atomic E-state index is 13.2. The molecule has 0 amide bonds. The van der Waals surface area contributed by atoms with Gasteiger partial charge in [0.25, 0.3) is 5.56 Å². The lowest BCUT2D eigenvalue weighted by molar-refractivity contribution is 0.302. The molecule has 34 heavy (non-hydrogen) atoms. The van der Waals surface area contributed by atoms with Crippen LogP contribution in [0.5, 0.6) is 5.75 Å². The number of halogens is 4. The van der Waals surface area contributed by atoms with E-state index in [1.165, 1.54) is 16.8 Å². The summed E-state index contributed by atoms with van der Waals surface area (Å²) in [4.78, 5) is 17.8. The Labute approximate surface area is 221 Å². The predicted octanol–water partition coefficient (Wildman–Crippen LogP) is 7.24. The van der Waals surface area contributed by atoms with Crippen LogP contribution in [0.15, 0.2) is 77.9 Å². The molecular formula is C25H19Br3FN3O2. The van der Waals surface area contributed by atoms with E-state index in [-0.39, 0.29) is 11.4 Å². The SMILES string of the molecule is CCCc1nc2ccc(Br)cc2c(=O)n1N=Cc1cc(Br)c(OCc2ccc(F)cc2)c(Br)c1. The Hall–Kier alpha value is -2.36. The highest BCUT2D eigenvalue weighted by atomic mass is 79.9. The number of nitrogens with zero attached hydrogens (tertiary/aromatic N) is 3. The van der Waals surface area contributed by atoms with Crippen molar-refractivity contribution in [1.29, 1.82) is 0 Å². The van der Waals surface area contributed by atoms with Gasteiger partial charge in [0.05, 0.1) is 26.1 Å². The highest BCUT2D eigenvalue weighted by molar-refractivity contribution is 9.11. The molecule has 0 saturated carbocycles. The monoisotopic (exact) mass is 649 g/mol. The van der Waals surface area contributed by atoms with Crippen molar-refractivity contribution >= 4 is 64.9 Å². The van der Waals surface area contributed by atoms with E-state index in [1.54, 1.807) is 24.4 Å². The second kappa shape index (κ2) is 10.9. The van der Waals surface area contributed by atoms with E-state index in [9.17, 15) is 9.18 Å². The molecule has 0 aliphatic heterocycles. The molecule has 0 bridgehead atoms. The topological polar surface area (TPSA) is 56.5 Å². The Morgan fingerprint density at radius 1 is 1.06 bits per heavy atom. The molecule has 4 rings (SSSR count). The van der Waals surface area contributed by atoms with Gasteiger partial charge >= 0.3 is 0 Å². The number of aromatic nitrogens is 2. The summed E-state index contributed by atoms with van der Waals surface area (Å²) in [5.74, 6) is 0.934. The Bertz CT molecular complexity index is 1410. The average molecular weight is 652 g/mol. The lowest BCUT2D eigenvalue weighted by Gasteiger charge is -2.12. The number of benzene rings is 3. The van der Waals surface area contributed by atoms with Crippen LogP contribution in [0.4, 0.5) is 4.39 Å². The lowest BCUT2D eigenvalue weighted by atomic mass is 10.2. The van der Waals surface area contributed by atoms with Gasteiger partial charge in [-0.05, 0) is 91.9 Å². The zero-order valence-corrected chi connectivity index (χ0v) is 22.8. The average Bonchev–Trinajstić information content (AvgIpc) is 2.80. The lowest BCUT2D eigenvalue weighted by Crippen LogP contribution is -2.22. The summed E-state index contributed by atoms with van der Waals surface area (Å²) in [5, 5.41) is 4.97. The highest BCUT2D eigenvalue weighted by Crippen LogP contribution is 2.35. The van der Waals surface area contributed by atoms with Crippen molar-refractivity contribution < 1.29 is 9.13 Å². The van der Waals surface area contributed by atoms with Crippen LogP contribution >= 0.6 is 47.8 Å². The van der Waals surface area contributed by atoms with Gasteiger partial charge < -0.3 is 4.74 Å². The van der Waals surface area contributed by atoms with Crippen molar-refractivity contribution in [3.8, 4) is 5.75 Å². The molecule has 0 radical (unpaired) electrons. The van der Waals surface area contributed by atoms with Crippen molar-refractivity contribution in [1.82, 2.24) is 9.66 Å². The summed E-state index contributed by atoms with van der Waals surface area (Å²) < 4.78 is 22.6. The number of rotatable bonds is 7. The van der Waals surface area contributed by atoms with Crippen LogP contribution in [0.2, 0.25) is 0 Å². The zero-order valence-electron chi connectivity index (χ0n) is 18.1. The van der Waals surface area contributed by atoms with Crippen molar-refractivity contribution in [2.24, 2.45) is 5.10 Å². The first-order valence-electron chi connectivity index (χ1n) is 10.5. The van der Waals surface area contributed by atoms with Gasteiger partial charge in [-0.2, -0.15) is 9.78 Å². The Morgan fingerprint density at radius 2 is 1.76 bits per heavy atom. The fourth-order valence-corrected chi connectivity index (χ4v) is 5.16. The number of aryl methyl sites for hydroxylation is 1. The number of hydrogen-bond acceptors (Lipinski definition) is 4. The molecule has 174 valence electrons. The third-order valence-corrected chi connectivity index (χ3v) is 6.66. The normalized spacial score (nSPS) is 11.4. The summed E-state index contributed by atoms with van der Waals surface area (Å²) in [6.45, 7) is 2.32. The molecule has 0 unspecified atom stereocenters. The third-order valence-electron chi connectivity index (χ3n) is 4.99. The number of fused-ring (bicyclic) bond motifs is 1. The molecule has 3 aromatic carbocycles. The standard InChI is InChI=1S/C25H19Br3FN3O2/c1-2-3-23-31-22-9-6-17(26)12-19(22)25(33)32(23)30-13-16-10-20(27)24(21(28)11-16)34-14-15-4-7-18(29)8-5-15/h4-13H,2-3,14H2,1H3.